The van der Waals surface area contributed by atoms with E-state index in [4.69, 9.17) is 5.73 Å². The van der Waals surface area contributed by atoms with Crippen molar-refractivity contribution >= 4 is 21.6 Å². The van der Waals surface area contributed by atoms with Crippen LogP contribution in [0.1, 0.15) is 10.4 Å². The molecule has 2 aromatic heterocycles. The quantitative estimate of drug-likeness (QED) is 0.715. The number of rotatable bonds is 5. The van der Waals surface area contributed by atoms with Crippen molar-refractivity contribution in [2.24, 2.45) is 5.73 Å². The lowest BCUT2D eigenvalue weighted by Crippen LogP contribution is -2.18. The van der Waals surface area contributed by atoms with Crippen molar-refractivity contribution in [3.05, 3.63) is 60.4 Å². The summed E-state index contributed by atoms with van der Waals surface area (Å²) in [6.07, 6.45) is 3.96. The fourth-order valence-electron chi connectivity index (χ4n) is 2.30. The fourth-order valence-corrected chi connectivity index (χ4v) is 2.84. The number of aromatic nitrogens is 3. The molecule has 1 amide bonds. The first kappa shape index (κ1) is 16.7. The zero-order valence-corrected chi connectivity index (χ0v) is 14.1. The highest BCUT2D eigenvalue weighted by atomic mass is 32.2. The van der Waals surface area contributed by atoms with Gasteiger partial charge in [0.15, 0.2) is 5.82 Å². The van der Waals surface area contributed by atoms with Crippen LogP contribution in [0.15, 0.2) is 54.9 Å². The van der Waals surface area contributed by atoms with Crippen LogP contribution in [0.2, 0.25) is 0 Å². The number of carbonyl (C=O) groups excluding carboxylic acids is 1. The maximum Gasteiger partial charge on any atom is 0.252 e. The molecule has 0 bridgehead atoms. The number of sulfonamides is 1. The number of hydrogen-bond donors (Lipinski definition) is 2. The number of amides is 1. The molecule has 0 aliphatic rings. The Morgan fingerprint density at radius 3 is 2.56 bits per heavy atom. The van der Waals surface area contributed by atoms with Crippen LogP contribution in [-0.4, -0.2) is 35.3 Å². The Morgan fingerprint density at radius 2 is 1.92 bits per heavy atom. The minimum Gasteiger partial charge on any atom is -0.365 e. The molecule has 3 aromatic rings. The van der Waals surface area contributed by atoms with Crippen molar-refractivity contribution in [1.29, 1.82) is 0 Å². The molecule has 0 atom stereocenters. The summed E-state index contributed by atoms with van der Waals surface area (Å²) in [7, 11) is -3.49. The van der Waals surface area contributed by atoms with Crippen LogP contribution in [0.4, 0.5) is 5.69 Å². The summed E-state index contributed by atoms with van der Waals surface area (Å²) in [6, 6.07) is 12.6. The van der Waals surface area contributed by atoms with Gasteiger partial charge in [0.2, 0.25) is 10.0 Å². The van der Waals surface area contributed by atoms with Gasteiger partial charge in [0.05, 0.1) is 29.4 Å². The van der Waals surface area contributed by atoms with Gasteiger partial charge in [-0.25, -0.2) is 18.1 Å². The highest BCUT2D eigenvalue weighted by molar-refractivity contribution is 7.92. The summed E-state index contributed by atoms with van der Waals surface area (Å²) in [5.41, 5.74) is 7.22. The zero-order valence-electron chi connectivity index (χ0n) is 13.2. The second-order valence-corrected chi connectivity index (χ2v) is 7.09. The maximum absolute atomic E-state index is 11.8. The molecule has 0 spiro atoms. The normalized spacial score (nSPS) is 11.2. The van der Waals surface area contributed by atoms with Crippen LogP contribution in [0.25, 0.3) is 17.1 Å². The van der Waals surface area contributed by atoms with Crippen molar-refractivity contribution in [2.75, 3.05) is 11.0 Å². The van der Waals surface area contributed by atoms with Gasteiger partial charge < -0.3 is 5.73 Å². The topological polar surface area (TPSA) is 120 Å². The molecule has 0 saturated heterocycles. The molecule has 0 aliphatic carbocycles. The van der Waals surface area contributed by atoms with Crippen molar-refractivity contribution in [2.45, 2.75) is 0 Å². The van der Waals surface area contributed by atoms with Crippen LogP contribution in [-0.2, 0) is 10.0 Å². The van der Waals surface area contributed by atoms with Crippen LogP contribution < -0.4 is 10.5 Å². The van der Waals surface area contributed by atoms with Gasteiger partial charge in [-0.05, 0) is 12.1 Å². The first-order valence-electron chi connectivity index (χ1n) is 7.22. The van der Waals surface area contributed by atoms with E-state index in [-0.39, 0.29) is 17.1 Å². The van der Waals surface area contributed by atoms with Crippen molar-refractivity contribution in [3.63, 3.8) is 0 Å². The number of nitrogens with one attached hydrogen (secondary N) is 1. The molecule has 128 valence electrons. The largest absolute Gasteiger partial charge is 0.365 e. The number of anilines is 1. The monoisotopic (exact) mass is 357 g/mol. The van der Waals surface area contributed by atoms with Gasteiger partial charge in [-0.3, -0.25) is 9.52 Å². The minimum absolute atomic E-state index is 0.0522. The average molecular weight is 357 g/mol. The molecule has 9 heteroatoms. The van der Waals surface area contributed by atoms with Gasteiger partial charge in [0, 0.05) is 11.8 Å². The van der Waals surface area contributed by atoms with Gasteiger partial charge in [0.25, 0.3) is 5.91 Å². The van der Waals surface area contributed by atoms with E-state index in [9.17, 15) is 13.2 Å². The number of carbonyl (C=O) groups is 1. The van der Waals surface area contributed by atoms with E-state index in [1.54, 1.807) is 12.3 Å². The highest BCUT2D eigenvalue weighted by Gasteiger charge is 2.15. The molecule has 2 heterocycles. The van der Waals surface area contributed by atoms with E-state index >= 15 is 0 Å². The predicted molar refractivity (Wildman–Crippen MR) is 93.8 cm³/mol. The Bertz CT molecular complexity index is 1030. The standard InChI is InChI=1S/C16H15N5O3S/c1-25(23,24)20-12-9-13(15(17)22)16(18-10-12)21-8-7-14(19-21)11-5-3-2-4-6-11/h2-10,20H,1H3,(H2,17,22). The summed E-state index contributed by atoms with van der Waals surface area (Å²) in [6.45, 7) is 0. The second kappa shape index (κ2) is 6.36. The molecule has 0 radical (unpaired) electrons. The molecular weight excluding hydrogens is 342 g/mol. The van der Waals surface area contributed by atoms with Crippen LogP contribution in [0.5, 0.6) is 0 Å². The van der Waals surface area contributed by atoms with Gasteiger partial charge in [-0.2, -0.15) is 5.10 Å². The van der Waals surface area contributed by atoms with E-state index in [2.05, 4.69) is 14.8 Å². The van der Waals surface area contributed by atoms with Crippen molar-refractivity contribution in [3.8, 4) is 17.1 Å². The van der Waals surface area contributed by atoms with E-state index in [1.165, 1.54) is 16.9 Å². The number of nitrogens with zero attached hydrogens (tertiary/aromatic N) is 3. The molecule has 8 nitrogen and oxygen atoms in total. The Morgan fingerprint density at radius 1 is 1.20 bits per heavy atom. The molecule has 3 N–H and O–H groups in total. The van der Waals surface area contributed by atoms with Gasteiger partial charge >= 0.3 is 0 Å². The number of hydrogen-bond acceptors (Lipinski definition) is 5. The molecule has 1 aromatic carbocycles. The highest BCUT2D eigenvalue weighted by Crippen LogP contribution is 2.20. The van der Waals surface area contributed by atoms with Gasteiger partial charge in [-0.15, -0.1) is 0 Å². The Hall–Kier alpha value is -3.20. The summed E-state index contributed by atoms with van der Waals surface area (Å²) in [5, 5.41) is 4.41. The smallest absolute Gasteiger partial charge is 0.252 e. The average Bonchev–Trinajstić information content (AvgIpc) is 3.04. The molecule has 0 fully saturated rings. The molecule has 0 saturated carbocycles. The lowest BCUT2D eigenvalue weighted by atomic mass is 10.2. The van der Waals surface area contributed by atoms with Crippen molar-refractivity contribution < 1.29 is 13.2 Å². The third-order valence-corrected chi connectivity index (χ3v) is 3.92. The maximum atomic E-state index is 11.8. The fraction of sp³-hybridized carbons (Fsp3) is 0.0625. The summed E-state index contributed by atoms with van der Waals surface area (Å²) in [5.74, 6) is -0.523. The Labute approximate surface area is 144 Å². The molecule has 25 heavy (non-hydrogen) atoms. The lowest BCUT2D eigenvalue weighted by molar-refractivity contribution is 0.1000. The van der Waals surface area contributed by atoms with Crippen LogP contribution in [0, 0.1) is 0 Å². The predicted octanol–water partition coefficient (Wildman–Crippen LogP) is 1.40. The molecule has 0 unspecified atom stereocenters. The summed E-state index contributed by atoms with van der Waals surface area (Å²) in [4.78, 5) is 15.9. The second-order valence-electron chi connectivity index (χ2n) is 5.35. The third kappa shape index (κ3) is 3.83. The first-order chi connectivity index (χ1) is 11.8. The Balaban J connectivity index is 2.02. The minimum atomic E-state index is -3.49. The zero-order chi connectivity index (χ0) is 18.0. The third-order valence-electron chi connectivity index (χ3n) is 3.31. The molecule has 0 aliphatic heterocycles. The SMILES string of the molecule is CS(=O)(=O)Nc1cnc(-n2ccc(-c3ccccc3)n2)c(C(N)=O)c1. The van der Waals surface area contributed by atoms with E-state index in [0.29, 0.717) is 5.69 Å². The number of pyridine rings is 1. The van der Waals surface area contributed by atoms with Crippen LogP contribution in [0.3, 0.4) is 0 Å². The molecular formula is C16H15N5O3S. The van der Waals surface area contributed by atoms with E-state index in [0.717, 1.165) is 11.8 Å². The summed E-state index contributed by atoms with van der Waals surface area (Å²) < 4.78 is 26.3. The Kier molecular flexibility index (Phi) is 4.24. The number of benzene rings is 1. The van der Waals surface area contributed by atoms with E-state index < -0.39 is 15.9 Å². The molecule has 3 rings (SSSR count). The number of nitrogens with two attached hydrogens (primary N) is 1. The van der Waals surface area contributed by atoms with Crippen LogP contribution >= 0.6 is 0 Å². The van der Waals surface area contributed by atoms with Crippen molar-refractivity contribution in [1.82, 2.24) is 14.8 Å². The van der Waals surface area contributed by atoms with Gasteiger partial charge in [0.1, 0.15) is 0 Å². The van der Waals surface area contributed by atoms with Gasteiger partial charge in [-0.1, -0.05) is 30.3 Å². The lowest BCUT2D eigenvalue weighted by Gasteiger charge is -2.09. The number of primary amides is 1. The first-order valence-corrected chi connectivity index (χ1v) is 9.12. The summed E-state index contributed by atoms with van der Waals surface area (Å²) >= 11 is 0. The van der Waals surface area contributed by atoms with E-state index in [1.807, 2.05) is 30.3 Å².